The molecule has 1 aromatic carbocycles. The Morgan fingerprint density at radius 3 is 2.73 bits per heavy atom. The Labute approximate surface area is 86.8 Å². The molecule has 0 saturated heterocycles. The maximum absolute atomic E-state index is 12.8. The first kappa shape index (κ1) is 9.45. The van der Waals surface area contributed by atoms with E-state index in [2.05, 4.69) is 10.3 Å². The SMILES string of the molecule is Nc1ccccc1Nc1cncc(F)c1. The smallest absolute Gasteiger partial charge is 0.143 e. The number of nitrogens with one attached hydrogen (secondary N) is 1. The molecular formula is C11H10FN3. The van der Waals surface area contributed by atoms with Crippen molar-refractivity contribution in [2.24, 2.45) is 0 Å². The van der Waals surface area contributed by atoms with Crippen LogP contribution in [0.2, 0.25) is 0 Å². The van der Waals surface area contributed by atoms with Crippen LogP contribution in [0.15, 0.2) is 42.7 Å². The molecule has 3 nitrogen and oxygen atoms in total. The average Bonchev–Trinajstić information content (AvgIpc) is 2.22. The van der Waals surface area contributed by atoms with E-state index in [1.54, 1.807) is 6.07 Å². The van der Waals surface area contributed by atoms with E-state index in [1.165, 1.54) is 12.3 Å². The third-order valence-electron chi connectivity index (χ3n) is 1.94. The van der Waals surface area contributed by atoms with Crippen LogP contribution in [0.3, 0.4) is 0 Å². The number of pyridine rings is 1. The number of benzene rings is 1. The minimum Gasteiger partial charge on any atom is -0.397 e. The van der Waals surface area contributed by atoms with Crippen molar-refractivity contribution < 1.29 is 4.39 Å². The van der Waals surface area contributed by atoms with E-state index in [-0.39, 0.29) is 5.82 Å². The first-order chi connectivity index (χ1) is 7.25. The van der Waals surface area contributed by atoms with Crippen LogP contribution in [0.4, 0.5) is 21.5 Å². The van der Waals surface area contributed by atoms with E-state index >= 15 is 0 Å². The summed E-state index contributed by atoms with van der Waals surface area (Å²) in [6.07, 6.45) is 2.69. The Kier molecular flexibility index (Phi) is 2.49. The summed E-state index contributed by atoms with van der Waals surface area (Å²) in [6.45, 7) is 0. The number of rotatable bonds is 2. The van der Waals surface area contributed by atoms with Gasteiger partial charge in [0.2, 0.25) is 0 Å². The van der Waals surface area contributed by atoms with Crippen LogP contribution < -0.4 is 11.1 Å². The van der Waals surface area contributed by atoms with Gasteiger partial charge in [-0.15, -0.1) is 0 Å². The molecule has 3 N–H and O–H groups in total. The first-order valence-electron chi connectivity index (χ1n) is 4.48. The normalized spacial score (nSPS) is 9.93. The third kappa shape index (κ3) is 2.22. The van der Waals surface area contributed by atoms with Gasteiger partial charge in [-0.25, -0.2) is 4.39 Å². The zero-order valence-corrected chi connectivity index (χ0v) is 7.94. The topological polar surface area (TPSA) is 50.9 Å². The molecular weight excluding hydrogens is 193 g/mol. The molecule has 0 atom stereocenters. The maximum atomic E-state index is 12.8. The largest absolute Gasteiger partial charge is 0.397 e. The van der Waals surface area contributed by atoms with Crippen molar-refractivity contribution in [3.63, 3.8) is 0 Å². The minimum atomic E-state index is -0.380. The number of para-hydroxylation sites is 2. The number of hydrogen-bond donors (Lipinski definition) is 2. The molecule has 0 aliphatic heterocycles. The summed E-state index contributed by atoms with van der Waals surface area (Å²) >= 11 is 0. The number of nitrogens with two attached hydrogens (primary N) is 1. The van der Waals surface area contributed by atoms with Gasteiger partial charge in [0.1, 0.15) is 5.82 Å². The van der Waals surface area contributed by atoms with Gasteiger partial charge >= 0.3 is 0 Å². The Bertz CT molecular complexity index is 471. The van der Waals surface area contributed by atoms with Crippen molar-refractivity contribution >= 4 is 17.1 Å². The van der Waals surface area contributed by atoms with Crippen LogP contribution in [-0.2, 0) is 0 Å². The van der Waals surface area contributed by atoms with Crippen molar-refractivity contribution in [3.05, 3.63) is 48.5 Å². The molecule has 15 heavy (non-hydrogen) atoms. The number of halogens is 1. The van der Waals surface area contributed by atoms with Crippen molar-refractivity contribution in [1.82, 2.24) is 4.98 Å². The fourth-order valence-corrected chi connectivity index (χ4v) is 1.25. The molecule has 0 unspecified atom stereocenters. The lowest BCUT2D eigenvalue weighted by Crippen LogP contribution is -1.96. The van der Waals surface area contributed by atoms with E-state index < -0.39 is 0 Å². The number of nitrogens with zero attached hydrogens (tertiary/aromatic N) is 1. The van der Waals surface area contributed by atoms with Crippen LogP contribution in [0.25, 0.3) is 0 Å². The first-order valence-corrected chi connectivity index (χ1v) is 4.48. The molecule has 76 valence electrons. The van der Waals surface area contributed by atoms with Crippen LogP contribution in [0, 0.1) is 5.82 Å². The molecule has 0 spiro atoms. The van der Waals surface area contributed by atoms with Gasteiger partial charge < -0.3 is 11.1 Å². The van der Waals surface area contributed by atoms with Crippen LogP contribution in [0.1, 0.15) is 0 Å². The summed E-state index contributed by atoms with van der Waals surface area (Å²) in [7, 11) is 0. The Hall–Kier alpha value is -2.10. The minimum absolute atomic E-state index is 0.380. The van der Waals surface area contributed by atoms with Gasteiger partial charge in [0.05, 0.1) is 29.5 Å². The fraction of sp³-hybridized carbons (Fsp3) is 0. The molecule has 0 aliphatic carbocycles. The van der Waals surface area contributed by atoms with Crippen molar-refractivity contribution in [2.75, 3.05) is 11.1 Å². The maximum Gasteiger partial charge on any atom is 0.143 e. The van der Waals surface area contributed by atoms with Gasteiger partial charge in [-0.3, -0.25) is 4.98 Å². The molecule has 2 aromatic rings. The van der Waals surface area contributed by atoms with E-state index in [0.29, 0.717) is 11.4 Å². The second kappa shape index (κ2) is 3.96. The average molecular weight is 203 g/mol. The van der Waals surface area contributed by atoms with E-state index in [0.717, 1.165) is 11.9 Å². The molecule has 0 saturated carbocycles. The van der Waals surface area contributed by atoms with Gasteiger partial charge in [-0.05, 0) is 12.1 Å². The highest BCUT2D eigenvalue weighted by Gasteiger charge is 1.99. The van der Waals surface area contributed by atoms with Crippen molar-refractivity contribution in [2.45, 2.75) is 0 Å². The van der Waals surface area contributed by atoms with Gasteiger partial charge in [0, 0.05) is 6.07 Å². The predicted molar refractivity (Wildman–Crippen MR) is 58.3 cm³/mol. The Morgan fingerprint density at radius 1 is 1.20 bits per heavy atom. The van der Waals surface area contributed by atoms with Gasteiger partial charge in [-0.1, -0.05) is 12.1 Å². The van der Waals surface area contributed by atoms with Gasteiger partial charge in [0.25, 0.3) is 0 Å². The highest BCUT2D eigenvalue weighted by molar-refractivity contribution is 5.71. The monoisotopic (exact) mass is 203 g/mol. The highest BCUT2D eigenvalue weighted by Crippen LogP contribution is 2.21. The lowest BCUT2D eigenvalue weighted by Gasteiger charge is -2.08. The summed E-state index contributed by atoms with van der Waals surface area (Å²) < 4.78 is 12.8. The van der Waals surface area contributed by atoms with E-state index in [9.17, 15) is 4.39 Å². The predicted octanol–water partition coefficient (Wildman–Crippen LogP) is 2.55. The van der Waals surface area contributed by atoms with E-state index in [1.807, 2.05) is 18.2 Å². The fourth-order valence-electron chi connectivity index (χ4n) is 1.25. The lowest BCUT2D eigenvalue weighted by molar-refractivity contribution is 0.622. The summed E-state index contributed by atoms with van der Waals surface area (Å²) in [5.74, 6) is -0.380. The third-order valence-corrected chi connectivity index (χ3v) is 1.94. The Balaban J connectivity index is 2.26. The zero-order valence-electron chi connectivity index (χ0n) is 7.94. The van der Waals surface area contributed by atoms with Crippen LogP contribution in [0.5, 0.6) is 0 Å². The van der Waals surface area contributed by atoms with Gasteiger partial charge in [-0.2, -0.15) is 0 Å². The quantitative estimate of drug-likeness (QED) is 0.737. The molecule has 1 aromatic heterocycles. The van der Waals surface area contributed by atoms with Gasteiger partial charge in [0.15, 0.2) is 0 Å². The number of nitrogen functional groups attached to an aromatic ring is 1. The second-order valence-corrected chi connectivity index (χ2v) is 3.10. The lowest BCUT2D eigenvalue weighted by atomic mass is 10.2. The molecule has 0 fully saturated rings. The standard InChI is InChI=1S/C11H10FN3/c12-8-5-9(7-14-6-8)15-11-4-2-1-3-10(11)13/h1-7,15H,13H2. The second-order valence-electron chi connectivity index (χ2n) is 3.10. The van der Waals surface area contributed by atoms with Crippen molar-refractivity contribution in [1.29, 1.82) is 0 Å². The molecule has 2 rings (SSSR count). The summed E-state index contributed by atoms with van der Waals surface area (Å²) in [6, 6.07) is 8.64. The molecule has 0 bridgehead atoms. The van der Waals surface area contributed by atoms with Crippen LogP contribution >= 0.6 is 0 Å². The number of hydrogen-bond acceptors (Lipinski definition) is 3. The molecule has 1 heterocycles. The molecule has 0 aliphatic rings. The van der Waals surface area contributed by atoms with E-state index in [4.69, 9.17) is 5.73 Å². The number of anilines is 3. The Morgan fingerprint density at radius 2 is 2.00 bits per heavy atom. The molecule has 4 heteroatoms. The highest BCUT2D eigenvalue weighted by atomic mass is 19.1. The zero-order chi connectivity index (χ0) is 10.7. The number of aromatic nitrogens is 1. The molecule has 0 radical (unpaired) electrons. The summed E-state index contributed by atoms with van der Waals surface area (Å²) in [4.78, 5) is 3.73. The van der Waals surface area contributed by atoms with Crippen molar-refractivity contribution in [3.8, 4) is 0 Å². The summed E-state index contributed by atoms with van der Waals surface area (Å²) in [5.41, 5.74) is 7.66. The molecule has 0 amide bonds. The van der Waals surface area contributed by atoms with Crippen LogP contribution in [-0.4, -0.2) is 4.98 Å². The summed E-state index contributed by atoms with van der Waals surface area (Å²) in [5, 5.41) is 2.99.